The molecule has 0 saturated carbocycles. The zero-order valence-electron chi connectivity index (χ0n) is 12.9. The lowest BCUT2D eigenvalue weighted by atomic mass is 10.1. The molecule has 1 amide bonds. The average molecular weight is 292 g/mol. The largest absolute Gasteiger partial charge is 0.490 e. The number of piperazine rings is 1. The molecule has 1 aliphatic rings. The molecule has 21 heavy (non-hydrogen) atoms. The third-order valence-corrected chi connectivity index (χ3v) is 3.43. The molecule has 0 bridgehead atoms. The Labute approximate surface area is 126 Å². The van der Waals surface area contributed by atoms with Gasteiger partial charge in [-0.3, -0.25) is 4.79 Å². The minimum absolute atomic E-state index is 0.170. The van der Waals surface area contributed by atoms with Crippen molar-refractivity contribution in [2.24, 2.45) is 0 Å². The molecule has 1 aromatic carbocycles. The quantitative estimate of drug-likeness (QED) is 0.862. The van der Waals surface area contributed by atoms with E-state index in [1.807, 2.05) is 36.9 Å². The van der Waals surface area contributed by atoms with Gasteiger partial charge in [0.15, 0.2) is 11.5 Å². The minimum Gasteiger partial charge on any atom is -0.490 e. The maximum absolute atomic E-state index is 12.3. The third kappa shape index (κ3) is 4.36. The van der Waals surface area contributed by atoms with E-state index in [1.54, 1.807) is 0 Å². The number of hydrogen-bond acceptors (Lipinski definition) is 4. The summed E-state index contributed by atoms with van der Waals surface area (Å²) in [6.45, 7) is 8.38. The maximum Gasteiger partial charge on any atom is 0.227 e. The fourth-order valence-electron chi connectivity index (χ4n) is 2.41. The molecule has 1 saturated heterocycles. The second kappa shape index (κ2) is 7.88. The fourth-order valence-corrected chi connectivity index (χ4v) is 2.41. The van der Waals surface area contributed by atoms with Crippen molar-refractivity contribution >= 4 is 5.91 Å². The second-order valence-corrected chi connectivity index (χ2v) is 4.95. The van der Waals surface area contributed by atoms with E-state index in [4.69, 9.17) is 9.47 Å². The average Bonchev–Trinajstić information content (AvgIpc) is 2.51. The highest BCUT2D eigenvalue weighted by atomic mass is 16.5. The molecule has 1 fully saturated rings. The van der Waals surface area contributed by atoms with Gasteiger partial charge in [-0.1, -0.05) is 6.07 Å². The predicted octanol–water partition coefficient (Wildman–Crippen LogP) is 1.46. The molecular formula is C16H24N2O3. The zero-order valence-corrected chi connectivity index (χ0v) is 12.9. The highest BCUT2D eigenvalue weighted by Crippen LogP contribution is 2.28. The Bertz CT molecular complexity index is 471. The molecule has 1 aromatic rings. The highest BCUT2D eigenvalue weighted by molar-refractivity contribution is 5.79. The summed E-state index contributed by atoms with van der Waals surface area (Å²) < 4.78 is 11.1. The summed E-state index contributed by atoms with van der Waals surface area (Å²) in [4.78, 5) is 14.2. The van der Waals surface area contributed by atoms with Crippen LogP contribution in [0.5, 0.6) is 11.5 Å². The number of nitrogens with zero attached hydrogens (tertiary/aromatic N) is 1. The third-order valence-electron chi connectivity index (χ3n) is 3.43. The van der Waals surface area contributed by atoms with Crippen LogP contribution in [-0.4, -0.2) is 50.2 Å². The number of hydrogen-bond donors (Lipinski definition) is 1. The van der Waals surface area contributed by atoms with E-state index in [2.05, 4.69) is 5.32 Å². The SMILES string of the molecule is CCOc1ccc(CC(=O)N2CCNCC2)cc1OCC. The molecule has 116 valence electrons. The van der Waals surface area contributed by atoms with Crippen LogP contribution in [0.25, 0.3) is 0 Å². The van der Waals surface area contributed by atoms with Crippen LogP contribution < -0.4 is 14.8 Å². The van der Waals surface area contributed by atoms with Gasteiger partial charge in [0.2, 0.25) is 5.91 Å². The van der Waals surface area contributed by atoms with Gasteiger partial charge in [-0.15, -0.1) is 0 Å². The van der Waals surface area contributed by atoms with Crippen LogP contribution in [0.3, 0.4) is 0 Å². The van der Waals surface area contributed by atoms with Crippen molar-refractivity contribution in [3.63, 3.8) is 0 Å². The van der Waals surface area contributed by atoms with Gasteiger partial charge in [-0.25, -0.2) is 0 Å². The van der Waals surface area contributed by atoms with Gasteiger partial charge in [-0.05, 0) is 31.5 Å². The molecule has 0 atom stereocenters. The Morgan fingerprint density at radius 3 is 2.48 bits per heavy atom. The summed E-state index contributed by atoms with van der Waals surface area (Å²) in [5.74, 6) is 1.62. The topological polar surface area (TPSA) is 50.8 Å². The number of ether oxygens (including phenoxy) is 2. The Hall–Kier alpha value is -1.75. The summed E-state index contributed by atoms with van der Waals surface area (Å²) in [5, 5.41) is 3.25. The molecule has 0 radical (unpaired) electrons. The minimum atomic E-state index is 0.170. The molecule has 0 aromatic heterocycles. The van der Waals surface area contributed by atoms with Crippen molar-refractivity contribution in [3.8, 4) is 11.5 Å². The summed E-state index contributed by atoms with van der Waals surface area (Å²) in [6, 6.07) is 5.73. The lowest BCUT2D eigenvalue weighted by Gasteiger charge is -2.27. The van der Waals surface area contributed by atoms with Crippen molar-refractivity contribution in [2.45, 2.75) is 20.3 Å². The first kappa shape index (κ1) is 15.6. The van der Waals surface area contributed by atoms with Crippen LogP contribution in [0.1, 0.15) is 19.4 Å². The van der Waals surface area contributed by atoms with Crippen molar-refractivity contribution in [1.82, 2.24) is 10.2 Å². The standard InChI is InChI=1S/C16H24N2O3/c1-3-20-14-6-5-13(11-15(14)21-4-2)12-16(19)18-9-7-17-8-10-18/h5-6,11,17H,3-4,7-10,12H2,1-2H3. The molecular weight excluding hydrogens is 268 g/mol. The Morgan fingerprint density at radius 1 is 1.14 bits per heavy atom. The molecule has 0 spiro atoms. The molecule has 1 aliphatic heterocycles. The summed E-state index contributed by atoms with van der Waals surface area (Å²) in [6.07, 6.45) is 0.409. The van der Waals surface area contributed by atoms with Gasteiger partial charge in [0.25, 0.3) is 0 Å². The molecule has 1 N–H and O–H groups in total. The van der Waals surface area contributed by atoms with E-state index in [1.165, 1.54) is 0 Å². The van der Waals surface area contributed by atoms with Gasteiger partial charge < -0.3 is 19.7 Å². The monoisotopic (exact) mass is 292 g/mol. The van der Waals surface area contributed by atoms with E-state index in [-0.39, 0.29) is 5.91 Å². The van der Waals surface area contributed by atoms with Crippen LogP contribution in [0.2, 0.25) is 0 Å². The number of rotatable bonds is 6. The summed E-state index contributed by atoms with van der Waals surface area (Å²) in [7, 11) is 0. The van der Waals surface area contributed by atoms with Crippen LogP contribution >= 0.6 is 0 Å². The molecule has 0 unspecified atom stereocenters. The van der Waals surface area contributed by atoms with Crippen molar-refractivity contribution in [3.05, 3.63) is 23.8 Å². The van der Waals surface area contributed by atoms with Crippen molar-refractivity contribution in [1.29, 1.82) is 0 Å². The number of carbonyl (C=O) groups excluding carboxylic acids is 1. The lowest BCUT2D eigenvalue weighted by Crippen LogP contribution is -2.46. The van der Waals surface area contributed by atoms with Crippen LogP contribution in [-0.2, 0) is 11.2 Å². The second-order valence-electron chi connectivity index (χ2n) is 4.95. The van der Waals surface area contributed by atoms with Gasteiger partial charge >= 0.3 is 0 Å². The van der Waals surface area contributed by atoms with E-state index < -0.39 is 0 Å². The van der Waals surface area contributed by atoms with Gasteiger partial charge in [0, 0.05) is 26.2 Å². The normalized spacial score (nSPS) is 14.9. The van der Waals surface area contributed by atoms with Crippen LogP contribution in [0, 0.1) is 0 Å². The first-order chi connectivity index (χ1) is 10.2. The number of amides is 1. The van der Waals surface area contributed by atoms with Crippen LogP contribution in [0.15, 0.2) is 18.2 Å². The number of benzene rings is 1. The first-order valence-corrected chi connectivity index (χ1v) is 7.61. The van der Waals surface area contributed by atoms with E-state index in [0.717, 1.165) is 37.5 Å². The maximum atomic E-state index is 12.3. The number of nitrogens with one attached hydrogen (secondary N) is 1. The highest BCUT2D eigenvalue weighted by Gasteiger charge is 2.17. The van der Waals surface area contributed by atoms with Gasteiger partial charge in [0.1, 0.15) is 0 Å². The van der Waals surface area contributed by atoms with Gasteiger partial charge in [-0.2, -0.15) is 0 Å². The van der Waals surface area contributed by atoms with Gasteiger partial charge in [0.05, 0.1) is 19.6 Å². The molecule has 5 heteroatoms. The first-order valence-electron chi connectivity index (χ1n) is 7.61. The lowest BCUT2D eigenvalue weighted by molar-refractivity contribution is -0.131. The molecule has 0 aliphatic carbocycles. The smallest absolute Gasteiger partial charge is 0.227 e. The fraction of sp³-hybridized carbons (Fsp3) is 0.562. The zero-order chi connectivity index (χ0) is 15.1. The van der Waals surface area contributed by atoms with E-state index in [9.17, 15) is 4.79 Å². The number of carbonyl (C=O) groups is 1. The van der Waals surface area contributed by atoms with Crippen LogP contribution in [0.4, 0.5) is 0 Å². The molecule has 5 nitrogen and oxygen atoms in total. The summed E-state index contributed by atoms with van der Waals surface area (Å²) >= 11 is 0. The summed E-state index contributed by atoms with van der Waals surface area (Å²) in [5.41, 5.74) is 0.963. The molecule has 2 rings (SSSR count). The molecule has 1 heterocycles. The van der Waals surface area contributed by atoms with E-state index >= 15 is 0 Å². The Kier molecular flexibility index (Phi) is 5.87. The van der Waals surface area contributed by atoms with E-state index in [0.29, 0.717) is 25.4 Å². The Morgan fingerprint density at radius 2 is 1.81 bits per heavy atom. The predicted molar refractivity (Wildman–Crippen MR) is 81.9 cm³/mol. The van der Waals surface area contributed by atoms with Crippen molar-refractivity contribution in [2.75, 3.05) is 39.4 Å². The van der Waals surface area contributed by atoms with Crippen molar-refractivity contribution < 1.29 is 14.3 Å². The Balaban J connectivity index is 2.05.